The summed E-state index contributed by atoms with van der Waals surface area (Å²) >= 11 is 0. The molecule has 132 valence electrons. The number of likely N-dealkylation sites (N-methyl/N-ethyl adjacent to an activating group) is 1. The van der Waals surface area contributed by atoms with E-state index >= 15 is 0 Å². The van der Waals surface area contributed by atoms with E-state index in [1.54, 1.807) is 43.5 Å². The van der Waals surface area contributed by atoms with Crippen LogP contribution in [-0.2, 0) is 4.79 Å². The number of rotatable bonds is 7. The molecule has 25 heavy (non-hydrogen) atoms. The van der Waals surface area contributed by atoms with E-state index in [0.29, 0.717) is 23.1 Å². The third kappa shape index (κ3) is 4.37. The van der Waals surface area contributed by atoms with Crippen LogP contribution in [0.4, 0.5) is 11.5 Å². The number of carbonyl (C=O) groups is 1. The fraction of sp³-hybridized carbons (Fsp3) is 0.389. The van der Waals surface area contributed by atoms with Gasteiger partial charge in [0.1, 0.15) is 23.1 Å². The number of methoxy groups -OCH3 is 2. The SMILES string of the molecule is COc1cc(NC(=O)CN(C)c2ccnc(C3CC3)n2)cc(OC)c1. The van der Waals surface area contributed by atoms with Gasteiger partial charge < -0.3 is 19.7 Å². The van der Waals surface area contributed by atoms with E-state index in [1.165, 1.54) is 0 Å². The Hall–Kier alpha value is -2.83. The topological polar surface area (TPSA) is 76.6 Å². The Kier molecular flexibility index (Phi) is 5.02. The molecule has 0 spiro atoms. The molecule has 1 amide bonds. The number of ether oxygens (including phenoxy) is 2. The highest BCUT2D eigenvalue weighted by Gasteiger charge is 2.26. The smallest absolute Gasteiger partial charge is 0.243 e. The van der Waals surface area contributed by atoms with Crippen molar-refractivity contribution in [3.05, 3.63) is 36.3 Å². The summed E-state index contributed by atoms with van der Waals surface area (Å²) in [5.41, 5.74) is 0.621. The molecule has 7 nitrogen and oxygen atoms in total. The predicted molar refractivity (Wildman–Crippen MR) is 95.5 cm³/mol. The first-order chi connectivity index (χ1) is 12.1. The molecule has 3 rings (SSSR count). The maximum atomic E-state index is 12.3. The zero-order chi connectivity index (χ0) is 17.8. The lowest BCUT2D eigenvalue weighted by molar-refractivity contribution is -0.114. The third-order valence-electron chi connectivity index (χ3n) is 4.01. The van der Waals surface area contributed by atoms with Gasteiger partial charge in [0.15, 0.2) is 0 Å². The molecule has 1 aromatic heterocycles. The minimum Gasteiger partial charge on any atom is -0.497 e. The van der Waals surface area contributed by atoms with Gasteiger partial charge in [0, 0.05) is 43.0 Å². The number of anilines is 2. The van der Waals surface area contributed by atoms with E-state index in [-0.39, 0.29) is 12.5 Å². The highest BCUT2D eigenvalue weighted by Crippen LogP contribution is 2.38. The molecule has 2 aromatic rings. The van der Waals surface area contributed by atoms with Gasteiger partial charge in [-0.15, -0.1) is 0 Å². The van der Waals surface area contributed by atoms with Crippen LogP contribution in [0.3, 0.4) is 0 Å². The Labute approximate surface area is 147 Å². The van der Waals surface area contributed by atoms with Crippen molar-refractivity contribution in [2.45, 2.75) is 18.8 Å². The molecule has 1 aromatic carbocycles. The standard InChI is InChI=1S/C18H22N4O3/c1-22(16-6-7-19-18(21-16)12-4-5-12)11-17(23)20-13-8-14(24-2)10-15(9-13)25-3/h6-10,12H,4-5,11H2,1-3H3,(H,20,23). The van der Waals surface area contributed by atoms with Crippen molar-refractivity contribution < 1.29 is 14.3 Å². The van der Waals surface area contributed by atoms with Crippen LogP contribution >= 0.6 is 0 Å². The fourth-order valence-electron chi connectivity index (χ4n) is 2.49. The molecular formula is C18H22N4O3. The lowest BCUT2D eigenvalue weighted by Gasteiger charge is -2.18. The van der Waals surface area contributed by atoms with Crippen molar-refractivity contribution >= 4 is 17.4 Å². The number of benzene rings is 1. The van der Waals surface area contributed by atoms with Gasteiger partial charge >= 0.3 is 0 Å². The minimum atomic E-state index is -0.149. The second kappa shape index (κ2) is 7.38. The van der Waals surface area contributed by atoms with Crippen molar-refractivity contribution in [1.82, 2.24) is 9.97 Å². The molecular weight excluding hydrogens is 320 g/mol. The average Bonchev–Trinajstić information content (AvgIpc) is 3.46. The largest absolute Gasteiger partial charge is 0.497 e. The number of carbonyl (C=O) groups excluding carboxylic acids is 1. The zero-order valence-electron chi connectivity index (χ0n) is 14.7. The Morgan fingerprint density at radius 3 is 2.52 bits per heavy atom. The number of hydrogen-bond donors (Lipinski definition) is 1. The summed E-state index contributed by atoms with van der Waals surface area (Å²) in [4.78, 5) is 23.0. The molecule has 1 saturated carbocycles. The molecule has 7 heteroatoms. The molecule has 1 N–H and O–H groups in total. The highest BCUT2D eigenvalue weighted by atomic mass is 16.5. The lowest BCUT2D eigenvalue weighted by atomic mass is 10.2. The van der Waals surface area contributed by atoms with E-state index in [2.05, 4.69) is 15.3 Å². The second-order valence-electron chi connectivity index (χ2n) is 6.05. The molecule has 0 atom stereocenters. The van der Waals surface area contributed by atoms with Crippen LogP contribution in [0.25, 0.3) is 0 Å². The number of aromatic nitrogens is 2. The maximum absolute atomic E-state index is 12.3. The van der Waals surface area contributed by atoms with Gasteiger partial charge in [0.25, 0.3) is 0 Å². The van der Waals surface area contributed by atoms with Gasteiger partial charge in [-0.1, -0.05) is 0 Å². The van der Waals surface area contributed by atoms with Gasteiger partial charge in [0.2, 0.25) is 5.91 Å². The first-order valence-electron chi connectivity index (χ1n) is 8.16. The van der Waals surface area contributed by atoms with Crippen LogP contribution < -0.4 is 19.7 Å². The second-order valence-corrected chi connectivity index (χ2v) is 6.05. The van der Waals surface area contributed by atoms with E-state index < -0.39 is 0 Å². The summed E-state index contributed by atoms with van der Waals surface area (Å²) < 4.78 is 10.4. The first kappa shape index (κ1) is 17.0. The molecule has 0 saturated heterocycles. The Morgan fingerprint density at radius 2 is 1.92 bits per heavy atom. The molecule has 1 aliphatic rings. The lowest BCUT2D eigenvalue weighted by Crippen LogP contribution is -2.30. The fourth-order valence-corrected chi connectivity index (χ4v) is 2.49. The van der Waals surface area contributed by atoms with Crippen LogP contribution in [0.2, 0.25) is 0 Å². The number of nitrogens with zero attached hydrogens (tertiary/aromatic N) is 3. The highest BCUT2D eigenvalue weighted by molar-refractivity contribution is 5.94. The number of amides is 1. The molecule has 0 unspecified atom stereocenters. The average molecular weight is 342 g/mol. The summed E-state index contributed by atoms with van der Waals surface area (Å²) in [5, 5.41) is 2.86. The monoisotopic (exact) mass is 342 g/mol. The van der Waals surface area contributed by atoms with Gasteiger partial charge in [0.05, 0.1) is 20.8 Å². The first-order valence-corrected chi connectivity index (χ1v) is 8.16. The van der Waals surface area contributed by atoms with Crippen LogP contribution in [0.5, 0.6) is 11.5 Å². The summed E-state index contributed by atoms with van der Waals surface area (Å²) in [6.45, 7) is 0.181. The van der Waals surface area contributed by atoms with E-state index in [4.69, 9.17) is 9.47 Å². The van der Waals surface area contributed by atoms with Crippen LogP contribution in [0, 0.1) is 0 Å². The molecule has 0 radical (unpaired) electrons. The Morgan fingerprint density at radius 1 is 1.24 bits per heavy atom. The number of hydrogen-bond acceptors (Lipinski definition) is 6. The summed E-state index contributed by atoms with van der Waals surface area (Å²) in [6.07, 6.45) is 4.04. The molecule has 0 bridgehead atoms. The van der Waals surface area contributed by atoms with E-state index in [9.17, 15) is 4.79 Å². The minimum absolute atomic E-state index is 0.149. The number of nitrogens with one attached hydrogen (secondary N) is 1. The molecule has 0 aliphatic heterocycles. The Bertz CT molecular complexity index is 739. The van der Waals surface area contributed by atoms with Crippen LogP contribution in [0.1, 0.15) is 24.6 Å². The molecule has 1 aliphatic carbocycles. The Balaban J connectivity index is 1.64. The summed E-state index contributed by atoms with van der Waals surface area (Å²) in [7, 11) is 4.98. The van der Waals surface area contributed by atoms with Crippen molar-refractivity contribution in [3.63, 3.8) is 0 Å². The van der Waals surface area contributed by atoms with Crippen LogP contribution in [-0.4, -0.2) is 43.7 Å². The molecule has 1 heterocycles. The van der Waals surface area contributed by atoms with Gasteiger partial charge in [-0.05, 0) is 18.9 Å². The van der Waals surface area contributed by atoms with Gasteiger partial charge in [-0.2, -0.15) is 0 Å². The summed E-state index contributed by atoms with van der Waals surface area (Å²) in [5.74, 6) is 3.18. The predicted octanol–water partition coefficient (Wildman–Crippen LogP) is 2.45. The van der Waals surface area contributed by atoms with Crippen molar-refractivity contribution in [3.8, 4) is 11.5 Å². The van der Waals surface area contributed by atoms with Crippen molar-refractivity contribution in [2.75, 3.05) is 38.0 Å². The van der Waals surface area contributed by atoms with Crippen LogP contribution in [0.15, 0.2) is 30.5 Å². The molecule has 1 fully saturated rings. The maximum Gasteiger partial charge on any atom is 0.243 e. The quantitative estimate of drug-likeness (QED) is 0.833. The third-order valence-corrected chi connectivity index (χ3v) is 4.01. The van der Waals surface area contributed by atoms with Gasteiger partial charge in [-0.25, -0.2) is 9.97 Å². The normalized spacial score (nSPS) is 13.2. The summed E-state index contributed by atoms with van der Waals surface area (Å²) in [6, 6.07) is 7.06. The van der Waals surface area contributed by atoms with E-state index in [1.807, 2.05) is 13.1 Å². The van der Waals surface area contributed by atoms with Crippen molar-refractivity contribution in [2.24, 2.45) is 0 Å². The van der Waals surface area contributed by atoms with E-state index in [0.717, 1.165) is 24.5 Å². The van der Waals surface area contributed by atoms with Crippen molar-refractivity contribution in [1.29, 1.82) is 0 Å². The zero-order valence-corrected chi connectivity index (χ0v) is 14.7. The van der Waals surface area contributed by atoms with Gasteiger partial charge in [-0.3, -0.25) is 4.79 Å².